The van der Waals surface area contributed by atoms with Crippen molar-refractivity contribution in [1.29, 1.82) is 0 Å². The Morgan fingerprint density at radius 1 is 1.21 bits per heavy atom. The molecule has 2 aliphatic heterocycles. The second kappa shape index (κ2) is 9.59. The maximum absolute atomic E-state index is 5.73. The fourth-order valence-electron chi connectivity index (χ4n) is 3.61. The summed E-state index contributed by atoms with van der Waals surface area (Å²) in [4.78, 5) is 6.98. The molecule has 2 unspecified atom stereocenters. The van der Waals surface area contributed by atoms with Crippen molar-refractivity contribution < 1.29 is 9.47 Å². The lowest BCUT2D eigenvalue weighted by atomic mass is 10.1. The molecule has 0 aromatic carbocycles. The van der Waals surface area contributed by atoms with Crippen LogP contribution in [0.4, 0.5) is 0 Å². The molecule has 24 heavy (non-hydrogen) atoms. The number of hydrogen-bond donors (Lipinski definition) is 2. The van der Waals surface area contributed by atoms with Gasteiger partial charge in [0.05, 0.1) is 13.2 Å². The number of aliphatic imine (C=N–C) groups is 1. The molecule has 0 amide bonds. The van der Waals surface area contributed by atoms with E-state index in [-0.39, 0.29) is 0 Å². The topological polar surface area (TPSA) is 58.1 Å². The lowest BCUT2D eigenvalue weighted by molar-refractivity contribution is 0.0888. The number of ether oxygens (including phenoxy) is 2. The first-order valence-electron chi connectivity index (χ1n) is 9.69. The SMILES string of the molecule is CN=C(NCCCOCC1CCOC1)NCC1CCN(C2CC2)C1. The predicted octanol–water partition coefficient (Wildman–Crippen LogP) is 1.08. The predicted molar refractivity (Wildman–Crippen MR) is 96.4 cm³/mol. The quantitative estimate of drug-likeness (QED) is 0.374. The van der Waals surface area contributed by atoms with Gasteiger partial charge in [-0.2, -0.15) is 0 Å². The number of likely N-dealkylation sites (tertiary alicyclic amines) is 1. The summed E-state index contributed by atoms with van der Waals surface area (Å²) in [5, 5.41) is 6.87. The Hall–Kier alpha value is -0.850. The minimum Gasteiger partial charge on any atom is -0.381 e. The zero-order valence-electron chi connectivity index (χ0n) is 15.1. The standard InChI is InChI=1S/C18H34N4O2/c1-19-18(20-7-2-9-23-13-16-6-10-24-14-16)21-11-15-5-8-22(12-15)17-3-4-17/h15-17H,2-14H2,1H3,(H2,19,20,21). The number of nitrogens with zero attached hydrogens (tertiary/aromatic N) is 2. The molecule has 138 valence electrons. The number of hydrogen-bond acceptors (Lipinski definition) is 4. The van der Waals surface area contributed by atoms with Crippen LogP contribution in [0.3, 0.4) is 0 Å². The van der Waals surface area contributed by atoms with Gasteiger partial charge in [0, 0.05) is 51.9 Å². The van der Waals surface area contributed by atoms with Crippen LogP contribution in [0, 0.1) is 11.8 Å². The average Bonchev–Trinajstić information content (AvgIpc) is 3.11. The van der Waals surface area contributed by atoms with Crippen LogP contribution in [0.1, 0.15) is 32.1 Å². The first kappa shape index (κ1) is 18.0. The fraction of sp³-hybridized carbons (Fsp3) is 0.944. The molecule has 2 saturated heterocycles. The second-order valence-corrected chi connectivity index (χ2v) is 7.42. The molecule has 3 rings (SSSR count). The molecule has 2 heterocycles. The summed E-state index contributed by atoms with van der Waals surface area (Å²) in [6.07, 6.45) is 6.30. The summed E-state index contributed by atoms with van der Waals surface area (Å²) >= 11 is 0. The van der Waals surface area contributed by atoms with Crippen molar-refractivity contribution in [3.8, 4) is 0 Å². The van der Waals surface area contributed by atoms with Crippen molar-refractivity contribution in [2.45, 2.75) is 38.1 Å². The fourth-order valence-corrected chi connectivity index (χ4v) is 3.61. The Balaban J connectivity index is 1.19. The molecular formula is C18H34N4O2. The molecule has 1 saturated carbocycles. The van der Waals surface area contributed by atoms with Gasteiger partial charge in [0.15, 0.2) is 5.96 Å². The zero-order chi connectivity index (χ0) is 16.6. The maximum Gasteiger partial charge on any atom is 0.190 e. The van der Waals surface area contributed by atoms with E-state index in [9.17, 15) is 0 Å². The van der Waals surface area contributed by atoms with Crippen molar-refractivity contribution in [2.75, 3.05) is 59.7 Å². The van der Waals surface area contributed by atoms with Crippen molar-refractivity contribution in [3.63, 3.8) is 0 Å². The van der Waals surface area contributed by atoms with Gasteiger partial charge in [-0.1, -0.05) is 0 Å². The Morgan fingerprint density at radius 2 is 2.12 bits per heavy atom. The third kappa shape index (κ3) is 5.90. The third-order valence-electron chi connectivity index (χ3n) is 5.30. The van der Waals surface area contributed by atoms with Gasteiger partial charge in [-0.25, -0.2) is 0 Å². The second-order valence-electron chi connectivity index (χ2n) is 7.42. The van der Waals surface area contributed by atoms with Crippen LogP contribution in [0.2, 0.25) is 0 Å². The molecular weight excluding hydrogens is 304 g/mol. The lowest BCUT2D eigenvalue weighted by Gasteiger charge is -2.17. The van der Waals surface area contributed by atoms with E-state index in [4.69, 9.17) is 9.47 Å². The Bertz CT molecular complexity index is 394. The normalized spacial score (nSPS) is 28.5. The Kier molecular flexibility index (Phi) is 7.17. The number of rotatable bonds is 9. The van der Waals surface area contributed by atoms with Crippen molar-refractivity contribution in [3.05, 3.63) is 0 Å². The van der Waals surface area contributed by atoms with E-state index in [1.165, 1.54) is 32.4 Å². The Morgan fingerprint density at radius 3 is 2.88 bits per heavy atom. The van der Waals surface area contributed by atoms with E-state index in [1.54, 1.807) is 0 Å². The van der Waals surface area contributed by atoms with Gasteiger partial charge in [-0.05, 0) is 44.6 Å². The molecule has 0 spiro atoms. The van der Waals surface area contributed by atoms with Crippen molar-refractivity contribution in [2.24, 2.45) is 16.8 Å². The van der Waals surface area contributed by atoms with Crippen LogP contribution in [0.25, 0.3) is 0 Å². The summed E-state index contributed by atoms with van der Waals surface area (Å²) in [5.41, 5.74) is 0. The third-order valence-corrected chi connectivity index (χ3v) is 5.30. The van der Waals surface area contributed by atoms with Crippen LogP contribution >= 0.6 is 0 Å². The summed E-state index contributed by atoms with van der Waals surface area (Å²) in [5.74, 6) is 2.29. The van der Waals surface area contributed by atoms with E-state index in [1.807, 2.05) is 7.05 Å². The number of nitrogens with one attached hydrogen (secondary N) is 2. The van der Waals surface area contributed by atoms with Crippen LogP contribution in [-0.4, -0.2) is 76.6 Å². The molecule has 0 radical (unpaired) electrons. The van der Waals surface area contributed by atoms with Crippen molar-refractivity contribution >= 4 is 5.96 Å². The van der Waals surface area contributed by atoms with Gasteiger partial charge in [-0.15, -0.1) is 0 Å². The smallest absolute Gasteiger partial charge is 0.190 e. The van der Waals surface area contributed by atoms with Gasteiger partial charge in [0.2, 0.25) is 0 Å². The summed E-state index contributed by atoms with van der Waals surface area (Å²) in [6, 6.07) is 0.906. The summed E-state index contributed by atoms with van der Waals surface area (Å²) in [7, 11) is 1.84. The van der Waals surface area contributed by atoms with E-state index >= 15 is 0 Å². The van der Waals surface area contributed by atoms with Gasteiger partial charge >= 0.3 is 0 Å². The van der Waals surface area contributed by atoms with Crippen LogP contribution in [-0.2, 0) is 9.47 Å². The molecule has 2 N–H and O–H groups in total. The average molecular weight is 338 g/mol. The van der Waals surface area contributed by atoms with Crippen molar-refractivity contribution in [1.82, 2.24) is 15.5 Å². The molecule has 3 fully saturated rings. The lowest BCUT2D eigenvalue weighted by Crippen LogP contribution is -2.40. The molecule has 3 aliphatic rings. The Labute approximate surface area is 146 Å². The van der Waals surface area contributed by atoms with Gasteiger partial charge in [0.1, 0.15) is 0 Å². The van der Waals surface area contributed by atoms with Crippen LogP contribution in [0.15, 0.2) is 4.99 Å². The largest absolute Gasteiger partial charge is 0.381 e. The van der Waals surface area contributed by atoms with Gasteiger partial charge < -0.3 is 25.0 Å². The highest BCUT2D eigenvalue weighted by Crippen LogP contribution is 2.31. The molecule has 1 aliphatic carbocycles. The minimum absolute atomic E-state index is 0.606. The maximum atomic E-state index is 5.73. The molecule has 0 aromatic rings. The highest BCUT2D eigenvalue weighted by Gasteiger charge is 2.34. The van der Waals surface area contributed by atoms with Crippen LogP contribution < -0.4 is 10.6 Å². The summed E-state index contributed by atoms with van der Waals surface area (Å²) < 4.78 is 11.1. The first-order valence-corrected chi connectivity index (χ1v) is 9.69. The van der Waals surface area contributed by atoms with E-state index in [0.717, 1.165) is 70.3 Å². The zero-order valence-corrected chi connectivity index (χ0v) is 15.1. The highest BCUT2D eigenvalue weighted by molar-refractivity contribution is 5.79. The molecule has 2 atom stereocenters. The van der Waals surface area contributed by atoms with Crippen LogP contribution in [0.5, 0.6) is 0 Å². The highest BCUT2D eigenvalue weighted by atomic mass is 16.5. The molecule has 6 heteroatoms. The van der Waals surface area contributed by atoms with Gasteiger partial charge in [0.25, 0.3) is 0 Å². The van der Waals surface area contributed by atoms with Gasteiger partial charge in [-0.3, -0.25) is 4.99 Å². The van der Waals surface area contributed by atoms with E-state index in [0.29, 0.717) is 5.92 Å². The minimum atomic E-state index is 0.606. The first-order chi connectivity index (χ1) is 11.8. The number of guanidine groups is 1. The summed E-state index contributed by atoms with van der Waals surface area (Å²) in [6.45, 7) is 7.89. The molecule has 0 bridgehead atoms. The molecule has 0 aromatic heterocycles. The monoisotopic (exact) mass is 338 g/mol. The molecule has 6 nitrogen and oxygen atoms in total. The van der Waals surface area contributed by atoms with E-state index in [2.05, 4.69) is 20.5 Å². The van der Waals surface area contributed by atoms with E-state index < -0.39 is 0 Å².